The van der Waals surface area contributed by atoms with Gasteiger partial charge in [-0.05, 0) is 19.1 Å². The minimum Gasteiger partial charge on any atom is -0.406 e. The van der Waals surface area contributed by atoms with Gasteiger partial charge in [-0.2, -0.15) is 0 Å². The summed E-state index contributed by atoms with van der Waals surface area (Å²) in [6.07, 6.45) is -4.70. The second-order valence-corrected chi connectivity index (χ2v) is 3.40. The molecule has 0 atom stereocenters. The maximum Gasteiger partial charge on any atom is 0.573 e. The third kappa shape index (κ3) is 2.99. The lowest BCUT2D eigenvalue weighted by atomic mass is 10.1. The number of nitrogens with zero attached hydrogens (tertiary/aromatic N) is 1. The van der Waals surface area contributed by atoms with E-state index in [1.54, 1.807) is 19.1 Å². The Bertz CT molecular complexity index is 519. The lowest BCUT2D eigenvalue weighted by Gasteiger charge is -2.08. The zero-order chi connectivity index (χ0) is 12.5. The third-order valence-corrected chi connectivity index (χ3v) is 1.99. The van der Waals surface area contributed by atoms with Crippen LogP contribution < -0.4 is 4.74 Å². The van der Waals surface area contributed by atoms with Gasteiger partial charge in [-0.15, -0.1) is 13.2 Å². The van der Waals surface area contributed by atoms with Gasteiger partial charge >= 0.3 is 6.36 Å². The quantitative estimate of drug-likeness (QED) is 0.809. The Morgan fingerprint density at radius 3 is 2.59 bits per heavy atom. The van der Waals surface area contributed by atoms with Crippen molar-refractivity contribution >= 4 is 0 Å². The van der Waals surface area contributed by atoms with E-state index < -0.39 is 6.36 Å². The fourth-order valence-electron chi connectivity index (χ4n) is 1.35. The molecule has 2 aromatic rings. The molecule has 90 valence electrons. The summed E-state index contributed by atoms with van der Waals surface area (Å²) in [5, 5.41) is 3.71. The predicted octanol–water partition coefficient (Wildman–Crippen LogP) is 3.55. The van der Waals surface area contributed by atoms with Gasteiger partial charge in [0.25, 0.3) is 0 Å². The van der Waals surface area contributed by atoms with E-state index >= 15 is 0 Å². The van der Waals surface area contributed by atoms with Crippen LogP contribution in [0.25, 0.3) is 11.3 Å². The van der Waals surface area contributed by atoms with Gasteiger partial charge in [0.15, 0.2) is 0 Å². The molecule has 0 radical (unpaired) electrons. The monoisotopic (exact) mass is 243 g/mol. The number of ether oxygens (including phenoxy) is 1. The number of alkyl halides is 3. The molecule has 0 aliphatic carbocycles. The number of benzene rings is 1. The molecule has 0 aliphatic rings. The molecule has 1 heterocycles. The number of aromatic nitrogens is 1. The van der Waals surface area contributed by atoms with Crippen LogP contribution >= 0.6 is 0 Å². The fourth-order valence-corrected chi connectivity index (χ4v) is 1.35. The first-order valence-electron chi connectivity index (χ1n) is 4.73. The molecule has 0 fully saturated rings. The highest BCUT2D eigenvalue weighted by atomic mass is 19.4. The van der Waals surface area contributed by atoms with Crippen LogP contribution in [-0.2, 0) is 0 Å². The summed E-state index contributed by atoms with van der Waals surface area (Å²) in [6, 6.07) is 7.20. The summed E-state index contributed by atoms with van der Waals surface area (Å²) >= 11 is 0. The third-order valence-electron chi connectivity index (χ3n) is 1.99. The van der Waals surface area contributed by atoms with Gasteiger partial charge in [0.1, 0.15) is 17.2 Å². The Labute approximate surface area is 94.8 Å². The molecule has 3 nitrogen and oxygen atoms in total. The zero-order valence-corrected chi connectivity index (χ0v) is 8.78. The second-order valence-electron chi connectivity index (χ2n) is 3.40. The van der Waals surface area contributed by atoms with Crippen LogP contribution in [0, 0.1) is 6.92 Å². The van der Waals surface area contributed by atoms with E-state index in [-0.39, 0.29) is 5.75 Å². The Kier molecular flexibility index (Phi) is 2.79. The van der Waals surface area contributed by atoms with E-state index in [0.29, 0.717) is 17.0 Å². The van der Waals surface area contributed by atoms with Gasteiger partial charge in [0.2, 0.25) is 0 Å². The number of hydrogen-bond donors (Lipinski definition) is 0. The molecule has 1 aromatic heterocycles. The van der Waals surface area contributed by atoms with Crippen molar-refractivity contribution in [2.24, 2.45) is 0 Å². The Hall–Kier alpha value is -1.98. The van der Waals surface area contributed by atoms with Crippen LogP contribution in [0.2, 0.25) is 0 Å². The molecule has 17 heavy (non-hydrogen) atoms. The molecule has 0 N–H and O–H groups in total. The van der Waals surface area contributed by atoms with E-state index in [9.17, 15) is 13.2 Å². The molecule has 0 bridgehead atoms. The van der Waals surface area contributed by atoms with Crippen LogP contribution in [0.5, 0.6) is 5.75 Å². The summed E-state index contributed by atoms with van der Waals surface area (Å²) in [4.78, 5) is 0. The number of aryl methyl sites for hydroxylation is 1. The summed E-state index contributed by atoms with van der Waals surface area (Å²) < 4.78 is 44.7. The Morgan fingerprint density at radius 2 is 2.00 bits per heavy atom. The summed E-state index contributed by atoms with van der Waals surface area (Å²) in [5.74, 6) is 0.304. The Morgan fingerprint density at radius 1 is 1.24 bits per heavy atom. The summed E-state index contributed by atoms with van der Waals surface area (Å²) in [6.45, 7) is 1.70. The zero-order valence-electron chi connectivity index (χ0n) is 8.78. The topological polar surface area (TPSA) is 35.3 Å². The van der Waals surface area contributed by atoms with Crippen molar-refractivity contribution in [3.63, 3.8) is 0 Å². The molecular formula is C11H8F3NO2. The van der Waals surface area contributed by atoms with E-state index in [2.05, 4.69) is 9.89 Å². The predicted molar refractivity (Wildman–Crippen MR) is 53.4 cm³/mol. The standard InChI is InChI=1S/C11H8F3NO2/c1-7-5-10(15-17-7)8-3-2-4-9(6-8)16-11(12,13)14/h2-6H,1H3. The number of rotatable bonds is 2. The largest absolute Gasteiger partial charge is 0.573 e. The van der Waals surface area contributed by atoms with E-state index in [1.165, 1.54) is 18.2 Å². The van der Waals surface area contributed by atoms with E-state index in [1.807, 2.05) is 0 Å². The maximum atomic E-state index is 12.0. The molecule has 1 aromatic carbocycles. The molecule has 0 spiro atoms. The highest BCUT2D eigenvalue weighted by molar-refractivity contribution is 5.60. The minimum absolute atomic E-state index is 0.282. The average molecular weight is 243 g/mol. The summed E-state index contributed by atoms with van der Waals surface area (Å²) in [5.41, 5.74) is 0.971. The van der Waals surface area contributed by atoms with E-state index in [4.69, 9.17) is 4.52 Å². The highest BCUT2D eigenvalue weighted by Gasteiger charge is 2.31. The molecular weight excluding hydrogens is 235 g/mol. The van der Waals surface area contributed by atoms with Crippen molar-refractivity contribution in [2.75, 3.05) is 0 Å². The van der Waals surface area contributed by atoms with Crippen molar-refractivity contribution in [2.45, 2.75) is 13.3 Å². The fraction of sp³-hybridized carbons (Fsp3) is 0.182. The molecule has 0 amide bonds. The Balaban J connectivity index is 2.29. The van der Waals surface area contributed by atoms with Crippen molar-refractivity contribution in [1.29, 1.82) is 0 Å². The van der Waals surface area contributed by atoms with Crippen molar-refractivity contribution in [1.82, 2.24) is 5.16 Å². The van der Waals surface area contributed by atoms with Gasteiger partial charge in [-0.3, -0.25) is 0 Å². The average Bonchev–Trinajstić information content (AvgIpc) is 2.63. The van der Waals surface area contributed by atoms with E-state index in [0.717, 1.165) is 0 Å². The normalized spacial score (nSPS) is 11.5. The van der Waals surface area contributed by atoms with Crippen LogP contribution in [0.15, 0.2) is 34.9 Å². The first-order valence-corrected chi connectivity index (χ1v) is 4.73. The molecule has 0 saturated carbocycles. The maximum absolute atomic E-state index is 12.0. The van der Waals surface area contributed by atoms with Crippen molar-refractivity contribution < 1.29 is 22.4 Å². The van der Waals surface area contributed by atoms with Crippen molar-refractivity contribution in [3.05, 3.63) is 36.1 Å². The van der Waals surface area contributed by atoms with Crippen LogP contribution in [0.1, 0.15) is 5.76 Å². The molecule has 0 unspecified atom stereocenters. The first kappa shape index (κ1) is 11.5. The highest BCUT2D eigenvalue weighted by Crippen LogP contribution is 2.27. The van der Waals surface area contributed by atoms with Crippen LogP contribution in [0.3, 0.4) is 0 Å². The number of hydrogen-bond acceptors (Lipinski definition) is 3. The van der Waals surface area contributed by atoms with Gasteiger partial charge in [0, 0.05) is 11.6 Å². The van der Waals surface area contributed by atoms with Gasteiger partial charge in [-0.25, -0.2) is 0 Å². The first-order chi connectivity index (χ1) is 7.94. The molecule has 2 rings (SSSR count). The minimum atomic E-state index is -4.70. The van der Waals surface area contributed by atoms with Gasteiger partial charge in [-0.1, -0.05) is 17.3 Å². The smallest absolute Gasteiger partial charge is 0.406 e. The second kappa shape index (κ2) is 4.12. The SMILES string of the molecule is Cc1cc(-c2cccc(OC(F)(F)F)c2)no1. The van der Waals surface area contributed by atoms with Crippen LogP contribution in [-0.4, -0.2) is 11.5 Å². The van der Waals surface area contributed by atoms with Gasteiger partial charge < -0.3 is 9.26 Å². The lowest BCUT2D eigenvalue weighted by molar-refractivity contribution is -0.274. The van der Waals surface area contributed by atoms with Crippen LogP contribution in [0.4, 0.5) is 13.2 Å². The number of halogens is 3. The molecule has 0 aliphatic heterocycles. The molecule has 0 saturated heterocycles. The van der Waals surface area contributed by atoms with Crippen molar-refractivity contribution in [3.8, 4) is 17.0 Å². The summed E-state index contributed by atoms with van der Waals surface area (Å²) in [7, 11) is 0. The lowest BCUT2D eigenvalue weighted by Crippen LogP contribution is -2.17. The van der Waals surface area contributed by atoms with Gasteiger partial charge in [0.05, 0.1) is 0 Å². The molecule has 6 heteroatoms.